The molecule has 2 heterocycles. The molecule has 1 saturated heterocycles. The molecule has 2 rings (SSSR count). The molecule has 0 amide bonds. The molecule has 1 aromatic rings. The van der Waals surface area contributed by atoms with Gasteiger partial charge in [0.25, 0.3) is 0 Å². The summed E-state index contributed by atoms with van der Waals surface area (Å²) in [4.78, 5) is 4.19. The molecular formula is C11H16N2. The van der Waals surface area contributed by atoms with Crippen molar-refractivity contribution in [1.82, 2.24) is 10.3 Å². The second-order valence-electron chi connectivity index (χ2n) is 3.80. The molecule has 0 aromatic carbocycles. The molecule has 1 aliphatic heterocycles. The summed E-state index contributed by atoms with van der Waals surface area (Å²) < 4.78 is 0. The number of rotatable bonds is 2. The summed E-state index contributed by atoms with van der Waals surface area (Å²) in [6.45, 7) is 3.24. The molecule has 0 saturated carbocycles. The summed E-state index contributed by atoms with van der Waals surface area (Å²) in [5.41, 5.74) is 2.53. The maximum absolute atomic E-state index is 4.19. The van der Waals surface area contributed by atoms with Gasteiger partial charge >= 0.3 is 0 Å². The zero-order chi connectivity index (χ0) is 9.10. The molecule has 13 heavy (non-hydrogen) atoms. The van der Waals surface area contributed by atoms with Gasteiger partial charge < -0.3 is 5.32 Å². The van der Waals surface area contributed by atoms with E-state index in [-0.39, 0.29) is 0 Å². The highest BCUT2D eigenvalue weighted by Gasteiger charge is 2.13. The van der Waals surface area contributed by atoms with Gasteiger partial charge in [-0.3, -0.25) is 4.98 Å². The molecule has 2 heteroatoms. The lowest BCUT2D eigenvalue weighted by Crippen LogP contribution is -2.23. The van der Waals surface area contributed by atoms with E-state index in [1.165, 1.54) is 24.9 Å². The Morgan fingerprint density at radius 3 is 3.23 bits per heavy atom. The molecule has 0 bridgehead atoms. The van der Waals surface area contributed by atoms with Crippen molar-refractivity contribution in [2.45, 2.75) is 32.2 Å². The van der Waals surface area contributed by atoms with E-state index in [0.29, 0.717) is 6.04 Å². The molecule has 0 aliphatic carbocycles. The fourth-order valence-electron chi connectivity index (χ4n) is 1.95. The Labute approximate surface area is 79.4 Å². The Bertz CT molecular complexity index is 277. The van der Waals surface area contributed by atoms with Crippen LogP contribution in [-0.4, -0.2) is 17.6 Å². The van der Waals surface area contributed by atoms with Crippen LogP contribution in [-0.2, 0) is 6.42 Å². The lowest BCUT2D eigenvalue weighted by Gasteiger charge is -2.09. The fourth-order valence-corrected chi connectivity index (χ4v) is 1.95. The van der Waals surface area contributed by atoms with Crippen LogP contribution in [0.5, 0.6) is 0 Å². The molecule has 2 nitrogen and oxygen atoms in total. The molecule has 1 unspecified atom stereocenters. The quantitative estimate of drug-likeness (QED) is 0.741. The lowest BCUT2D eigenvalue weighted by atomic mass is 10.1. The normalized spacial score (nSPS) is 22.1. The van der Waals surface area contributed by atoms with Crippen molar-refractivity contribution in [2.75, 3.05) is 6.54 Å². The Morgan fingerprint density at radius 1 is 1.62 bits per heavy atom. The molecule has 1 fully saturated rings. The van der Waals surface area contributed by atoms with Crippen LogP contribution < -0.4 is 5.32 Å². The van der Waals surface area contributed by atoms with Crippen molar-refractivity contribution >= 4 is 0 Å². The van der Waals surface area contributed by atoms with Crippen LogP contribution in [0.2, 0.25) is 0 Å². The third-order valence-electron chi connectivity index (χ3n) is 2.61. The van der Waals surface area contributed by atoms with Crippen LogP contribution in [0.3, 0.4) is 0 Å². The van der Waals surface area contributed by atoms with E-state index in [9.17, 15) is 0 Å². The van der Waals surface area contributed by atoms with Crippen LogP contribution in [0.15, 0.2) is 18.3 Å². The van der Waals surface area contributed by atoms with Gasteiger partial charge in [-0.1, -0.05) is 0 Å². The second-order valence-corrected chi connectivity index (χ2v) is 3.80. The minimum Gasteiger partial charge on any atom is -0.314 e. The van der Waals surface area contributed by atoms with Crippen molar-refractivity contribution < 1.29 is 0 Å². The Morgan fingerprint density at radius 2 is 2.54 bits per heavy atom. The van der Waals surface area contributed by atoms with E-state index >= 15 is 0 Å². The van der Waals surface area contributed by atoms with Gasteiger partial charge in [0.1, 0.15) is 0 Å². The van der Waals surface area contributed by atoms with Gasteiger partial charge in [-0.15, -0.1) is 0 Å². The van der Waals surface area contributed by atoms with Gasteiger partial charge in [0.15, 0.2) is 0 Å². The molecule has 1 aliphatic rings. The topological polar surface area (TPSA) is 24.9 Å². The van der Waals surface area contributed by atoms with E-state index < -0.39 is 0 Å². The largest absolute Gasteiger partial charge is 0.314 e. The number of aromatic nitrogens is 1. The molecule has 1 atom stereocenters. The van der Waals surface area contributed by atoms with Crippen molar-refractivity contribution in [3.05, 3.63) is 29.6 Å². The number of nitrogens with one attached hydrogen (secondary N) is 1. The zero-order valence-electron chi connectivity index (χ0n) is 8.09. The first-order chi connectivity index (χ1) is 6.34. The molecular weight excluding hydrogens is 160 g/mol. The summed E-state index contributed by atoms with van der Waals surface area (Å²) >= 11 is 0. The van der Waals surface area contributed by atoms with Crippen LogP contribution in [0, 0.1) is 6.92 Å². The van der Waals surface area contributed by atoms with Crippen molar-refractivity contribution in [3.8, 4) is 0 Å². The standard InChI is InChI=1S/C11H16N2/c1-9-7-10(4-6-12-9)8-11-3-2-5-13-11/h4,6-7,11,13H,2-3,5,8H2,1H3. The van der Waals surface area contributed by atoms with E-state index in [4.69, 9.17) is 0 Å². The van der Waals surface area contributed by atoms with E-state index in [1.807, 2.05) is 13.1 Å². The number of pyridine rings is 1. The average molecular weight is 176 g/mol. The smallest absolute Gasteiger partial charge is 0.0375 e. The second kappa shape index (κ2) is 3.88. The first kappa shape index (κ1) is 8.70. The SMILES string of the molecule is Cc1cc(CC2CCCN2)ccn1. The highest BCUT2D eigenvalue weighted by Crippen LogP contribution is 2.11. The maximum atomic E-state index is 4.19. The Hall–Kier alpha value is -0.890. The van der Waals surface area contributed by atoms with Gasteiger partial charge in [-0.25, -0.2) is 0 Å². The minimum atomic E-state index is 0.696. The third-order valence-corrected chi connectivity index (χ3v) is 2.61. The summed E-state index contributed by atoms with van der Waals surface area (Å²) in [5, 5.41) is 3.50. The van der Waals surface area contributed by atoms with Crippen LogP contribution in [0.1, 0.15) is 24.1 Å². The molecule has 1 aromatic heterocycles. The zero-order valence-corrected chi connectivity index (χ0v) is 8.09. The lowest BCUT2D eigenvalue weighted by molar-refractivity contribution is 0.602. The highest BCUT2D eigenvalue weighted by atomic mass is 14.9. The summed E-state index contributed by atoms with van der Waals surface area (Å²) in [6, 6.07) is 4.99. The van der Waals surface area contributed by atoms with Crippen molar-refractivity contribution in [3.63, 3.8) is 0 Å². The van der Waals surface area contributed by atoms with Gasteiger partial charge in [0.2, 0.25) is 0 Å². The predicted octanol–water partition coefficient (Wildman–Crippen LogP) is 1.68. The number of hydrogen-bond donors (Lipinski definition) is 1. The van der Waals surface area contributed by atoms with E-state index in [0.717, 1.165) is 12.1 Å². The van der Waals surface area contributed by atoms with Gasteiger partial charge in [-0.05, 0) is 50.4 Å². The number of aryl methyl sites for hydroxylation is 1. The Kier molecular flexibility index (Phi) is 2.60. The van der Waals surface area contributed by atoms with E-state index in [1.54, 1.807) is 0 Å². The third kappa shape index (κ3) is 2.28. The molecule has 0 spiro atoms. The summed E-state index contributed by atoms with van der Waals surface area (Å²) in [6.07, 6.45) is 5.71. The van der Waals surface area contributed by atoms with E-state index in [2.05, 4.69) is 22.4 Å². The Balaban J connectivity index is 2.00. The van der Waals surface area contributed by atoms with Gasteiger partial charge in [-0.2, -0.15) is 0 Å². The first-order valence-corrected chi connectivity index (χ1v) is 4.99. The molecule has 0 radical (unpaired) electrons. The summed E-state index contributed by atoms with van der Waals surface area (Å²) in [7, 11) is 0. The number of hydrogen-bond acceptors (Lipinski definition) is 2. The predicted molar refractivity (Wildman–Crippen MR) is 53.7 cm³/mol. The number of nitrogens with zero attached hydrogens (tertiary/aromatic N) is 1. The average Bonchev–Trinajstić information content (AvgIpc) is 2.57. The van der Waals surface area contributed by atoms with Crippen LogP contribution in [0.4, 0.5) is 0 Å². The monoisotopic (exact) mass is 176 g/mol. The first-order valence-electron chi connectivity index (χ1n) is 4.99. The van der Waals surface area contributed by atoms with Crippen molar-refractivity contribution in [1.29, 1.82) is 0 Å². The minimum absolute atomic E-state index is 0.696. The molecule has 1 N–H and O–H groups in total. The molecule has 70 valence electrons. The van der Waals surface area contributed by atoms with Crippen molar-refractivity contribution in [2.24, 2.45) is 0 Å². The highest BCUT2D eigenvalue weighted by molar-refractivity contribution is 5.16. The summed E-state index contributed by atoms with van der Waals surface area (Å²) in [5.74, 6) is 0. The van der Waals surface area contributed by atoms with Crippen LogP contribution >= 0.6 is 0 Å². The van der Waals surface area contributed by atoms with Gasteiger partial charge in [0, 0.05) is 17.9 Å². The van der Waals surface area contributed by atoms with Gasteiger partial charge in [0.05, 0.1) is 0 Å². The van der Waals surface area contributed by atoms with Crippen LogP contribution in [0.25, 0.3) is 0 Å². The maximum Gasteiger partial charge on any atom is 0.0375 e. The fraction of sp³-hybridized carbons (Fsp3) is 0.545.